The number of ether oxygens (including phenoxy) is 1. The van der Waals surface area contributed by atoms with Gasteiger partial charge >= 0.3 is 0 Å². The first-order chi connectivity index (χ1) is 9.28. The summed E-state index contributed by atoms with van der Waals surface area (Å²) in [6.07, 6.45) is 1.51. The largest absolute Gasteiger partial charge is 0.491 e. The standard InChI is InChI=1S/C12H10ClN5O/c1-19-9-6-14-12(13)16-11(9)15-10-7-4-2-3-5-8(7)17-18-10/h2-6H,1H3,(H2,14,15,16,17,18). The van der Waals surface area contributed by atoms with Crippen LogP contribution in [0.4, 0.5) is 11.6 Å². The van der Waals surface area contributed by atoms with Gasteiger partial charge < -0.3 is 10.1 Å². The van der Waals surface area contributed by atoms with E-state index in [2.05, 4.69) is 25.5 Å². The molecule has 0 aliphatic heterocycles. The van der Waals surface area contributed by atoms with Gasteiger partial charge in [0.15, 0.2) is 17.4 Å². The lowest BCUT2D eigenvalue weighted by Gasteiger charge is -2.07. The first-order valence-electron chi connectivity index (χ1n) is 5.54. The quantitative estimate of drug-likeness (QED) is 0.719. The SMILES string of the molecule is COc1cnc(Cl)nc1Nc1n[nH]c2ccccc12. The molecule has 0 saturated carbocycles. The van der Waals surface area contributed by atoms with Crippen LogP contribution in [0.1, 0.15) is 0 Å². The van der Waals surface area contributed by atoms with Gasteiger partial charge in [0.2, 0.25) is 5.28 Å². The van der Waals surface area contributed by atoms with Crippen molar-refractivity contribution in [2.75, 3.05) is 12.4 Å². The van der Waals surface area contributed by atoms with Crippen LogP contribution in [0.2, 0.25) is 5.28 Å². The zero-order valence-corrected chi connectivity index (χ0v) is 10.8. The van der Waals surface area contributed by atoms with E-state index < -0.39 is 0 Å². The van der Waals surface area contributed by atoms with E-state index in [1.54, 1.807) is 7.11 Å². The smallest absolute Gasteiger partial charge is 0.224 e. The molecule has 0 spiro atoms. The number of rotatable bonds is 3. The molecule has 0 aliphatic rings. The van der Waals surface area contributed by atoms with Crippen molar-refractivity contribution >= 4 is 34.1 Å². The van der Waals surface area contributed by atoms with Crippen molar-refractivity contribution in [3.63, 3.8) is 0 Å². The summed E-state index contributed by atoms with van der Waals surface area (Å²) in [5.74, 6) is 1.62. The van der Waals surface area contributed by atoms with Gasteiger partial charge in [-0.15, -0.1) is 0 Å². The van der Waals surface area contributed by atoms with Gasteiger partial charge in [-0.05, 0) is 23.7 Å². The van der Waals surface area contributed by atoms with Crippen LogP contribution >= 0.6 is 11.6 Å². The number of aromatic nitrogens is 4. The fourth-order valence-electron chi connectivity index (χ4n) is 1.76. The van der Waals surface area contributed by atoms with E-state index in [-0.39, 0.29) is 5.28 Å². The first-order valence-corrected chi connectivity index (χ1v) is 5.92. The Bertz CT molecular complexity index is 727. The van der Waals surface area contributed by atoms with Crippen LogP contribution < -0.4 is 10.1 Å². The molecule has 0 saturated heterocycles. The van der Waals surface area contributed by atoms with E-state index in [0.29, 0.717) is 17.4 Å². The zero-order valence-electron chi connectivity index (χ0n) is 10.0. The summed E-state index contributed by atoms with van der Waals surface area (Å²) in [7, 11) is 1.54. The number of nitrogens with one attached hydrogen (secondary N) is 2. The molecule has 7 heteroatoms. The topological polar surface area (TPSA) is 75.7 Å². The Labute approximate surface area is 113 Å². The summed E-state index contributed by atoms with van der Waals surface area (Å²) in [6.45, 7) is 0. The van der Waals surface area contributed by atoms with Crippen LogP contribution in [-0.2, 0) is 0 Å². The van der Waals surface area contributed by atoms with E-state index in [0.717, 1.165) is 10.9 Å². The lowest BCUT2D eigenvalue weighted by atomic mass is 10.2. The maximum Gasteiger partial charge on any atom is 0.224 e. The number of hydrogen-bond donors (Lipinski definition) is 2. The Morgan fingerprint density at radius 3 is 2.95 bits per heavy atom. The highest BCUT2D eigenvalue weighted by molar-refractivity contribution is 6.28. The van der Waals surface area contributed by atoms with E-state index in [4.69, 9.17) is 16.3 Å². The minimum absolute atomic E-state index is 0.142. The highest BCUT2D eigenvalue weighted by Crippen LogP contribution is 2.28. The average Bonchev–Trinajstić information content (AvgIpc) is 2.83. The molecule has 1 aromatic carbocycles. The number of hydrogen-bond acceptors (Lipinski definition) is 5. The highest BCUT2D eigenvalue weighted by Gasteiger charge is 2.11. The molecule has 2 N–H and O–H groups in total. The summed E-state index contributed by atoms with van der Waals surface area (Å²) >= 11 is 5.79. The van der Waals surface area contributed by atoms with E-state index in [9.17, 15) is 0 Å². The fourth-order valence-corrected chi connectivity index (χ4v) is 1.89. The van der Waals surface area contributed by atoms with Crippen LogP contribution in [0, 0.1) is 0 Å². The molecule has 0 fully saturated rings. The van der Waals surface area contributed by atoms with Gasteiger partial charge in [0.1, 0.15) is 0 Å². The predicted octanol–water partition coefficient (Wildman–Crippen LogP) is 2.76. The fraction of sp³-hybridized carbons (Fsp3) is 0.0833. The third kappa shape index (κ3) is 2.17. The third-order valence-electron chi connectivity index (χ3n) is 2.65. The van der Waals surface area contributed by atoms with Crippen molar-refractivity contribution in [2.45, 2.75) is 0 Å². The van der Waals surface area contributed by atoms with E-state index in [1.165, 1.54) is 6.20 Å². The Kier molecular flexibility index (Phi) is 2.92. The van der Waals surface area contributed by atoms with Crippen molar-refractivity contribution in [1.29, 1.82) is 0 Å². The highest BCUT2D eigenvalue weighted by atomic mass is 35.5. The molecule has 0 aliphatic carbocycles. The lowest BCUT2D eigenvalue weighted by Crippen LogP contribution is -1.99. The molecule has 3 rings (SSSR count). The molecule has 0 bridgehead atoms. The maximum atomic E-state index is 5.79. The van der Waals surface area contributed by atoms with E-state index >= 15 is 0 Å². The number of para-hydroxylation sites is 1. The predicted molar refractivity (Wildman–Crippen MR) is 73.0 cm³/mol. The van der Waals surface area contributed by atoms with Crippen LogP contribution in [-0.4, -0.2) is 27.3 Å². The summed E-state index contributed by atoms with van der Waals surface area (Å²) < 4.78 is 5.18. The monoisotopic (exact) mass is 275 g/mol. The number of fused-ring (bicyclic) bond motifs is 1. The molecule has 2 aromatic heterocycles. The van der Waals surface area contributed by atoms with Gasteiger partial charge in [0, 0.05) is 5.39 Å². The second-order valence-corrected chi connectivity index (χ2v) is 4.14. The molecule has 0 atom stereocenters. The maximum absolute atomic E-state index is 5.79. The van der Waals surface area contributed by atoms with Crippen LogP contribution in [0.25, 0.3) is 10.9 Å². The van der Waals surface area contributed by atoms with Crippen molar-refractivity contribution in [3.05, 3.63) is 35.7 Å². The first kappa shape index (κ1) is 11.7. The van der Waals surface area contributed by atoms with Gasteiger partial charge in [0.25, 0.3) is 0 Å². The second-order valence-electron chi connectivity index (χ2n) is 3.80. The Morgan fingerprint density at radius 2 is 2.11 bits per heavy atom. The molecule has 0 radical (unpaired) electrons. The zero-order chi connectivity index (χ0) is 13.2. The number of anilines is 2. The van der Waals surface area contributed by atoms with Gasteiger partial charge in [-0.3, -0.25) is 5.10 Å². The number of aromatic amines is 1. The normalized spacial score (nSPS) is 10.6. The number of benzene rings is 1. The molecule has 19 heavy (non-hydrogen) atoms. The van der Waals surface area contributed by atoms with Crippen molar-refractivity contribution in [3.8, 4) is 5.75 Å². The molecule has 96 valence electrons. The van der Waals surface area contributed by atoms with Crippen LogP contribution in [0.5, 0.6) is 5.75 Å². The minimum Gasteiger partial charge on any atom is -0.491 e. The van der Waals surface area contributed by atoms with Gasteiger partial charge in [-0.25, -0.2) is 4.98 Å². The lowest BCUT2D eigenvalue weighted by molar-refractivity contribution is 0.413. The summed E-state index contributed by atoms with van der Waals surface area (Å²) in [5.41, 5.74) is 0.934. The second kappa shape index (κ2) is 4.74. The van der Waals surface area contributed by atoms with Gasteiger partial charge in [0.05, 0.1) is 18.8 Å². The van der Waals surface area contributed by atoms with Crippen molar-refractivity contribution in [2.24, 2.45) is 0 Å². The van der Waals surface area contributed by atoms with Crippen molar-refractivity contribution in [1.82, 2.24) is 20.2 Å². The van der Waals surface area contributed by atoms with Crippen LogP contribution in [0.3, 0.4) is 0 Å². The molecule has 2 heterocycles. The van der Waals surface area contributed by atoms with Gasteiger partial charge in [-0.1, -0.05) is 12.1 Å². The average molecular weight is 276 g/mol. The Morgan fingerprint density at radius 1 is 1.26 bits per heavy atom. The Hall–Kier alpha value is -2.34. The van der Waals surface area contributed by atoms with Crippen LogP contribution in [0.15, 0.2) is 30.5 Å². The molecular formula is C12H10ClN5O. The number of halogens is 1. The van der Waals surface area contributed by atoms with Crippen molar-refractivity contribution < 1.29 is 4.74 Å². The molecule has 0 amide bonds. The summed E-state index contributed by atoms with van der Waals surface area (Å²) in [5, 5.41) is 11.3. The number of H-pyrrole nitrogens is 1. The van der Waals surface area contributed by atoms with Gasteiger partial charge in [-0.2, -0.15) is 10.1 Å². The Balaban J connectivity index is 2.03. The molecule has 0 unspecified atom stereocenters. The third-order valence-corrected chi connectivity index (χ3v) is 2.83. The molecule has 3 aromatic rings. The number of nitrogens with zero attached hydrogens (tertiary/aromatic N) is 3. The summed E-state index contributed by atoms with van der Waals surface area (Å²) in [6, 6.07) is 7.77. The summed E-state index contributed by atoms with van der Waals surface area (Å²) in [4.78, 5) is 7.95. The molecular weight excluding hydrogens is 266 g/mol. The minimum atomic E-state index is 0.142. The van der Waals surface area contributed by atoms with E-state index in [1.807, 2.05) is 24.3 Å². The molecule has 6 nitrogen and oxygen atoms in total. The number of methoxy groups -OCH3 is 1.